The predicted molar refractivity (Wildman–Crippen MR) is 516 cm³/mol. The zero-order chi connectivity index (χ0) is 91.4. The monoisotopic (exact) mass is 1720 g/mol. The zero-order valence-corrected chi connectivity index (χ0v) is 78.5. The number of aromatic nitrogens is 7. The minimum absolute atomic E-state index is 0.156. The maximum absolute atomic E-state index is 11.6. The molecular weight excluding hydrogens is 1590 g/mol. The Kier molecular flexibility index (Phi) is 39.6. The average Bonchev–Trinajstić information content (AvgIpc) is 1.59. The van der Waals surface area contributed by atoms with Crippen molar-refractivity contribution in [3.05, 3.63) is 330 Å². The molecule has 7 heterocycles. The van der Waals surface area contributed by atoms with Crippen LogP contribution in [-0.4, -0.2) is 103 Å². The van der Waals surface area contributed by atoms with Crippen LogP contribution in [0.1, 0.15) is 187 Å². The number of Topliss-reactive ketones (excluding diaryl/α,β-unsaturated/α-hetero) is 2. The second-order valence-corrected chi connectivity index (χ2v) is 31.2. The molecule has 9 aromatic carbocycles. The van der Waals surface area contributed by atoms with E-state index in [-0.39, 0.29) is 23.4 Å². The number of carbonyl (C=O) groups is 3. The van der Waals surface area contributed by atoms with Crippen LogP contribution in [-0.2, 0) is 85.3 Å². The molecule has 1 unspecified atom stereocenters. The number of nitrogen functional groups attached to an aromatic ring is 1. The molecule has 2 aliphatic rings. The zero-order valence-electron chi connectivity index (χ0n) is 77.8. The van der Waals surface area contributed by atoms with E-state index in [0.29, 0.717) is 23.6 Å². The number of ether oxygens (including phenoxy) is 2. The highest BCUT2D eigenvalue weighted by atomic mass is 35.5. The van der Waals surface area contributed by atoms with Gasteiger partial charge in [-0.3, -0.25) is 19.4 Å². The first-order valence-electron chi connectivity index (χ1n) is 44.2. The number of imidazole rings is 2. The Hall–Kier alpha value is -12.5. The number of anilines is 2. The van der Waals surface area contributed by atoms with Crippen molar-refractivity contribution in [3.63, 3.8) is 0 Å². The smallest absolute Gasteiger partial charge is 0.219 e. The molecular formula is C106H130ClN11O8. The number of nitrogens with two attached hydrogens (primary N) is 1. The van der Waals surface area contributed by atoms with Gasteiger partial charge in [0.1, 0.15) is 52.0 Å². The summed E-state index contributed by atoms with van der Waals surface area (Å²) in [5.74, 6) is 7.26. The predicted octanol–water partition coefficient (Wildman–Crippen LogP) is 23.7. The Morgan fingerprint density at radius 2 is 0.833 bits per heavy atom. The van der Waals surface area contributed by atoms with E-state index < -0.39 is 0 Å². The first kappa shape index (κ1) is 98.9. The molecule has 1 saturated heterocycles. The summed E-state index contributed by atoms with van der Waals surface area (Å²) in [7, 11) is 3.32. The minimum Gasteiger partial charge on any atom is -0.497 e. The molecule has 2 N–H and O–H groups in total. The van der Waals surface area contributed by atoms with Gasteiger partial charge in [-0.1, -0.05) is 202 Å². The normalized spacial score (nSPS) is 12.2. The molecule has 16 rings (SSSR count). The number of hydrogen-bond acceptors (Lipinski definition) is 16. The number of hydrogen-bond donors (Lipinski definition) is 1. The van der Waals surface area contributed by atoms with Crippen molar-refractivity contribution < 1.29 is 37.4 Å². The van der Waals surface area contributed by atoms with Gasteiger partial charge in [0.2, 0.25) is 5.91 Å². The van der Waals surface area contributed by atoms with Crippen molar-refractivity contribution in [1.82, 2.24) is 39.5 Å². The van der Waals surface area contributed by atoms with Crippen molar-refractivity contribution >= 4 is 73.9 Å². The van der Waals surface area contributed by atoms with Gasteiger partial charge in [0, 0.05) is 112 Å². The van der Waals surface area contributed by atoms with Crippen molar-refractivity contribution in [2.75, 3.05) is 51.0 Å². The molecule has 0 radical (unpaired) electrons. The molecule has 664 valence electrons. The maximum Gasteiger partial charge on any atom is 0.219 e. The molecule has 0 aliphatic carbocycles. The fraction of sp³-hybridized carbons (Fsp3) is 0.349. The molecule has 19 nitrogen and oxygen atoms in total. The van der Waals surface area contributed by atoms with Crippen LogP contribution in [0.5, 0.6) is 11.5 Å². The summed E-state index contributed by atoms with van der Waals surface area (Å²) >= 11 is 6.35. The van der Waals surface area contributed by atoms with Crippen LogP contribution < -0.4 is 20.1 Å². The Balaban J connectivity index is 0.000000201. The van der Waals surface area contributed by atoms with E-state index >= 15 is 0 Å². The van der Waals surface area contributed by atoms with Crippen LogP contribution in [0.25, 0.3) is 22.1 Å². The van der Waals surface area contributed by atoms with Gasteiger partial charge in [-0.05, 0) is 244 Å². The molecule has 0 spiro atoms. The highest BCUT2D eigenvalue weighted by Gasteiger charge is 2.29. The third-order valence-electron chi connectivity index (χ3n) is 22.3. The van der Waals surface area contributed by atoms with E-state index in [9.17, 15) is 14.4 Å². The summed E-state index contributed by atoms with van der Waals surface area (Å²) in [6, 6.07) is 73.1. The lowest BCUT2D eigenvalue weighted by molar-refractivity contribution is -0.129. The number of nitrogens with zero attached hydrogens (tertiary/aromatic N) is 10. The first-order chi connectivity index (χ1) is 60.9. The number of aliphatic imine (C=N–C) groups is 1. The van der Waals surface area contributed by atoms with E-state index in [1.807, 2.05) is 157 Å². The largest absolute Gasteiger partial charge is 0.497 e. The number of benzene rings is 9. The summed E-state index contributed by atoms with van der Waals surface area (Å²) in [5, 5.41) is 11.9. The molecule has 20 heteroatoms. The number of ketones is 2. The number of amides is 1. The fourth-order valence-corrected chi connectivity index (χ4v) is 14.8. The van der Waals surface area contributed by atoms with Crippen LogP contribution in [0.15, 0.2) is 231 Å². The number of para-hydroxylation sites is 5. The third kappa shape index (κ3) is 28.8. The van der Waals surface area contributed by atoms with Crippen molar-refractivity contribution in [1.29, 1.82) is 0 Å². The number of carbonyl (C=O) groups excluding carboxylic acids is 3. The van der Waals surface area contributed by atoms with Crippen LogP contribution in [0.2, 0.25) is 5.02 Å². The van der Waals surface area contributed by atoms with E-state index in [1.54, 1.807) is 35.0 Å². The Bertz CT molecular complexity index is 5570. The van der Waals surface area contributed by atoms with Gasteiger partial charge in [-0.25, -0.2) is 9.97 Å². The molecule has 14 aromatic rings. The van der Waals surface area contributed by atoms with E-state index in [2.05, 4.69) is 193 Å². The minimum atomic E-state index is 0.156. The van der Waals surface area contributed by atoms with Crippen LogP contribution in [0.3, 0.4) is 0 Å². The molecule has 0 saturated carbocycles. The van der Waals surface area contributed by atoms with Crippen LogP contribution in [0.4, 0.5) is 17.1 Å². The summed E-state index contributed by atoms with van der Waals surface area (Å²) in [5.41, 5.74) is 31.8. The van der Waals surface area contributed by atoms with E-state index in [1.165, 1.54) is 61.4 Å². The molecule has 2 aliphatic heterocycles. The topological polar surface area (TPSA) is 228 Å². The lowest BCUT2D eigenvalue weighted by Gasteiger charge is -2.35. The first-order valence-corrected chi connectivity index (χ1v) is 44.5. The molecule has 0 bridgehead atoms. The van der Waals surface area contributed by atoms with Gasteiger partial charge in [0.15, 0.2) is 0 Å². The molecule has 1 amide bonds. The SMILES string of the molecule is CC.CC.CC.CC(=O)Cc1ccc(CCn2c(CCc3ccc(N)cc3)nc3ccccc32)cc1.COc1ccc(CCC2=Nc3ccccc3C2c2ccc(N3CCN(C(C)=O)CC3)cc2)cc1Cl.COc1ccc(CCc2nc3ccccc3n2CCc2ccc(CC(C)=O)cc2)cc1.Cc1noc(C)c1C.Cc1noc(C)c1C.Cc1noc(C)c1C. The van der Waals surface area contributed by atoms with Crippen molar-refractivity contribution in [3.8, 4) is 11.5 Å². The number of rotatable bonds is 23. The van der Waals surface area contributed by atoms with Crippen LogP contribution >= 0.6 is 11.6 Å². The number of halogens is 1. The second kappa shape index (κ2) is 50.5. The summed E-state index contributed by atoms with van der Waals surface area (Å²) in [4.78, 5) is 53.4. The lowest BCUT2D eigenvalue weighted by Crippen LogP contribution is -2.48. The summed E-state index contributed by atoms with van der Waals surface area (Å²) < 4.78 is 29.8. The van der Waals surface area contributed by atoms with Gasteiger partial charge >= 0.3 is 0 Å². The van der Waals surface area contributed by atoms with Gasteiger partial charge in [0.25, 0.3) is 0 Å². The average molecular weight is 1720 g/mol. The number of aryl methyl sites for hydroxylation is 15. The highest BCUT2D eigenvalue weighted by molar-refractivity contribution is 6.32. The Morgan fingerprint density at radius 1 is 0.437 bits per heavy atom. The summed E-state index contributed by atoms with van der Waals surface area (Å²) in [6.45, 7) is 39.5. The molecule has 1 fully saturated rings. The van der Waals surface area contributed by atoms with Crippen molar-refractivity contribution in [2.24, 2.45) is 4.99 Å². The molecule has 1 atom stereocenters. The van der Waals surface area contributed by atoms with Crippen molar-refractivity contribution in [2.45, 2.75) is 208 Å². The number of piperazine rings is 1. The Morgan fingerprint density at radius 3 is 1.23 bits per heavy atom. The number of methoxy groups -OCH3 is 2. The highest BCUT2D eigenvalue weighted by Crippen LogP contribution is 2.42. The Labute approximate surface area is 751 Å². The fourth-order valence-electron chi connectivity index (χ4n) is 14.5. The van der Waals surface area contributed by atoms with Crippen LogP contribution in [0, 0.1) is 62.3 Å². The van der Waals surface area contributed by atoms with Gasteiger partial charge in [-0.15, -0.1) is 0 Å². The van der Waals surface area contributed by atoms with E-state index in [0.717, 1.165) is 193 Å². The molecule has 126 heavy (non-hydrogen) atoms. The summed E-state index contributed by atoms with van der Waals surface area (Å²) in [6.07, 6.45) is 8.23. The lowest BCUT2D eigenvalue weighted by atomic mass is 9.86. The second-order valence-electron chi connectivity index (χ2n) is 30.8. The number of fused-ring (bicyclic) bond motifs is 3. The molecule has 5 aromatic heterocycles. The van der Waals surface area contributed by atoms with Gasteiger partial charge in [-0.2, -0.15) is 0 Å². The van der Waals surface area contributed by atoms with Gasteiger partial charge in [0.05, 0.1) is 64.1 Å². The van der Waals surface area contributed by atoms with Gasteiger partial charge < -0.3 is 47.7 Å². The third-order valence-corrected chi connectivity index (χ3v) is 22.6. The standard InChI is InChI=1S/C29H30ClN3O2.C27H28N2O2.C26H27N3O.3C6H9NO.3C2H6/c1-20(34)32-15-17-33(18-16-32)23-11-9-22(10-12-23)29-24-5-3-4-6-26(24)31-27(29)13-7-21-8-14-28(35-2)25(30)19-21;1-20(30)19-23-9-7-22(8-10-23)17-18-29-26-6-4-3-5-25(26)28-27(29)16-13-21-11-14-24(31-2)15-12-21;1-19(30)18-22-8-6-21(7-9-22)16-17-29-25-5-3-2-4-24(25)28-26(29)15-12-20-10-13-23(27)14-11-20;3*1-4-5(2)7-8-6(4)3;3*1-2/h3-6,8-12,14,19,29H,7,13,15-18H2,1-2H3;3-12,14-15H,13,16-19H2,1-2H3;2-11,13-14H,12,15-18,27H2,1H3;3*1-3H3;3*1-2H3. The quantitative estimate of drug-likeness (QED) is 0.0587. The maximum atomic E-state index is 11.6. The van der Waals surface area contributed by atoms with E-state index in [4.69, 9.17) is 55.3 Å².